The van der Waals surface area contributed by atoms with Crippen molar-refractivity contribution in [2.75, 3.05) is 0 Å². The highest BCUT2D eigenvalue weighted by Gasteiger charge is 2.02. The van der Waals surface area contributed by atoms with E-state index in [2.05, 4.69) is 26.0 Å². The maximum absolute atomic E-state index is 7.39. The summed E-state index contributed by atoms with van der Waals surface area (Å²) in [6.45, 7) is -0.379. The lowest BCUT2D eigenvalue weighted by Crippen LogP contribution is -1.92. The van der Waals surface area contributed by atoms with E-state index in [1.165, 1.54) is 10.6 Å². The predicted octanol–water partition coefficient (Wildman–Crippen LogP) is 2.11. The van der Waals surface area contributed by atoms with Gasteiger partial charge in [0.2, 0.25) is 0 Å². The quantitative estimate of drug-likeness (QED) is 0.692. The van der Waals surface area contributed by atoms with Gasteiger partial charge in [0.15, 0.2) is 5.65 Å². The Kier molecular flexibility index (Phi) is 1.06. The van der Waals surface area contributed by atoms with Crippen LogP contribution >= 0.6 is 15.9 Å². The van der Waals surface area contributed by atoms with Crippen LogP contribution in [0.15, 0.2) is 16.9 Å². The number of aromatic nitrogens is 3. The molecule has 0 saturated carbocycles. The van der Waals surface area contributed by atoms with E-state index >= 15 is 0 Å². The van der Waals surface area contributed by atoms with E-state index in [-0.39, 0.29) is 5.56 Å². The molecular formula is C8H8BrN3. The smallest absolute Gasteiger partial charge is 0.156 e. The Labute approximate surface area is 82.8 Å². The Hall–Kier alpha value is -0.900. The van der Waals surface area contributed by atoms with Crippen LogP contribution in [0.1, 0.15) is 15.4 Å². The molecule has 3 nitrogen and oxygen atoms in total. The molecule has 0 spiro atoms. The number of nitrogens with zero attached hydrogens (tertiary/aromatic N) is 3. The van der Waals surface area contributed by atoms with Crippen LogP contribution in [-0.2, 0) is 0 Å². The zero-order chi connectivity index (χ0) is 11.2. The van der Waals surface area contributed by atoms with Gasteiger partial charge in [-0.3, -0.25) is 0 Å². The van der Waals surface area contributed by atoms with Gasteiger partial charge in [-0.25, -0.2) is 9.50 Å². The Morgan fingerprint density at radius 3 is 3.25 bits per heavy atom. The molecule has 0 fully saturated rings. The zero-order valence-corrected chi connectivity index (χ0v) is 7.96. The van der Waals surface area contributed by atoms with Gasteiger partial charge in [0.1, 0.15) is 4.60 Å². The average Bonchev–Trinajstić information content (AvgIpc) is 2.41. The van der Waals surface area contributed by atoms with Crippen molar-refractivity contribution in [2.45, 2.75) is 13.8 Å². The summed E-state index contributed by atoms with van der Waals surface area (Å²) in [5, 5.41) is 4.09. The molecule has 2 aromatic rings. The Bertz CT molecular complexity index is 518. The van der Waals surface area contributed by atoms with Crippen LogP contribution in [0.3, 0.4) is 0 Å². The summed E-state index contributed by atoms with van der Waals surface area (Å²) in [6.07, 6.45) is 1.69. The van der Waals surface area contributed by atoms with Gasteiger partial charge in [-0.1, -0.05) is 0 Å². The second kappa shape index (κ2) is 2.55. The summed E-state index contributed by atoms with van der Waals surface area (Å²) in [6, 6.07) is 1.48. The third-order valence-corrected chi connectivity index (χ3v) is 1.90. The molecule has 2 rings (SSSR count). The van der Waals surface area contributed by atoms with E-state index in [1.807, 2.05) is 0 Å². The molecule has 0 atom stereocenters. The Morgan fingerprint density at radius 2 is 2.50 bits per heavy atom. The van der Waals surface area contributed by atoms with Crippen molar-refractivity contribution in [2.24, 2.45) is 0 Å². The first-order chi connectivity index (χ1) is 6.88. The molecule has 62 valence electrons. The number of hydrogen-bond acceptors (Lipinski definition) is 2. The van der Waals surface area contributed by atoms with Gasteiger partial charge < -0.3 is 0 Å². The molecule has 12 heavy (non-hydrogen) atoms. The van der Waals surface area contributed by atoms with Crippen molar-refractivity contribution in [1.29, 1.82) is 0 Å². The largest absolute Gasteiger partial charge is 0.232 e. The monoisotopic (exact) mass is 228 g/mol. The first-order valence-corrected chi connectivity index (χ1v) is 4.20. The van der Waals surface area contributed by atoms with E-state index in [0.717, 1.165) is 5.69 Å². The van der Waals surface area contributed by atoms with E-state index in [1.54, 1.807) is 13.1 Å². The van der Waals surface area contributed by atoms with E-state index < -0.39 is 6.85 Å². The van der Waals surface area contributed by atoms with Gasteiger partial charge in [-0.2, -0.15) is 5.10 Å². The molecule has 2 aromatic heterocycles. The lowest BCUT2D eigenvalue weighted by atomic mass is 10.3. The van der Waals surface area contributed by atoms with Crippen LogP contribution in [0.2, 0.25) is 0 Å². The molecule has 0 radical (unpaired) electrons. The molecular weight excluding hydrogens is 218 g/mol. The second-order valence-corrected chi connectivity index (χ2v) is 3.34. The van der Waals surface area contributed by atoms with Gasteiger partial charge >= 0.3 is 0 Å². The number of halogens is 1. The molecule has 0 amide bonds. The number of hydrogen-bond donors (Lipinski definition) is 0. The van der Waals surface area contributed by atoms with E-state index in [4.69, 9.17) is 4.11 Å². The number of rotatable bonds is 0. The van der Waals surface area contributed by atoms with Crippen molar-refractivity contribution in [3.05, 3.63) is 28.1 Å². The van der Waals surface area contributed by atoms with Gasteiger partial charge in [0.25, 0.3) is 0 Å². The highest BCUT2D eigenvalue weighted by atomic mass is 79.9. The van der Waals surface area contributed by atoms with Gasteiger partial charge in [-0.15, -0.1) is 0 Å². The Balaban J connectivity index is 2.82. The van der Waals surface area contributed by atoms with Crippen LogP contribution < -0.4 is 0 Å². The molecule has 0 N–H and O–H groups in total. The first kappa shape index (κ1) is 4.97. The summed E-state index contributed by atoms with van der Waals surface area (Å²) < 4.78 is 24.1. The number of aryl methyl sites for hydroxylation is 2. The molecule has 2 heterocycles. The minimum absolute atomic E-state index is 0.206. The molecule has 0 aromatic carbocycles. The average molecular weight is 229 g/mol. The summed E-state index contributed by atoms with van der Waals surface area (Å²) >= 11 is 3.18. The molecule has 0 saturated heterocycles. The van der Waals surface area contributed by atoms with Gasteiger partial charge in [-0.05, 0) is 41.3 Å². The van der Waals surface area contributed by atoms with Crippen LogP contribution in [0.4, 0.5) is 0 Å². The van der Waals surface area contributed by atoms with E-state index in [0.29, 0.717) is 10.3 Å². The molecule has 0 aliphatic carbocycles. The maximum Gasteiger partial charge on any atom is 0.156 e. The number of imidazole rings is 1. The van der Waals surface area contributed by atoms with Crippen molar-refractivity contribution < 1.29 is 4.11 Å². The van der Waals surface area contributed by atoms with Crippen LogP contribution in [0.25, 0.3) is 5.65 Å². The Morgan fingerprint density at radius 1 is 1.67 bits per heavy atom. The third-order valence-electron chi connectivity index (χ3n) is 1.52. The SMILES string of the molecule is [2H]C([2H])([2H])c1cc(Br)nn2cc(C)nc12. The highest BCUT2D eigenvalue weighted by Crippen LogP contribution is 2.13. The van der Waals surface area contributed by atoms with E-state index in [9.17, 15) is 0 Å². The van der Waals surface area contributed by atoms with Crippen molar-refractivity contribution >= 4 is 21.6 Å². The fraction of sp³-hybridized carbons (Fsp3) is 0.250. The van der Waals surface area contributed by atoms with Gasteiger partial charge in [0, 0.05) is 4.11 Å². The summed E-state index contributed by atoms with van der Waals surface area (Å²) in [5.41, 5.74) is 1.33. The normalized spacial score (nSPS) is 15.7. The molecule has 0 bridgehead atoms. The lowest BCUT2D eigenvalue weighted by Gasteiger charge is -1.96. The summed E-state index contributed by atoms with van der Waals surface area (Å²) in [5.74, 6) is 0. The fourth-order valence-electron chi connectivity index (χ4n) is 1.06. The van der Waals surface area contributed by atoms with Crippen molar-refractivity contribution in [3.8, 4) is 0 Å². The molecule has 0 aliphatic heterocycles. The number of fused-ring (bicyclic) bond motifs is 1. The van der Waals surface area contributed by atoms with Gasteiger partial charge in [0.05, 0.1) is 11.9 Å². The summed E-state index contributed by atoms with van der Waals surface area (Å²) in [7, 11) is 0. The van der Waals surface area contributed by atoms with Crippen molar-refractivity contribution in [1.82, 2.24) is 14.6 Å². The molecule has 0 aliphatic rings. The molecule has 0 unspecified atom stereocenters. The van der Waals surface area contributed by atoms with Crippen LogP contribution in [-0.4, -0.2) is 14.6 Å². The minimum Gasteiger partial charge on any atom is -0.232 e. The molecule has 4 heteroatoms. The minimum atomic E-state index is -2.18. The lowest BCUT2D eigenvalue weighted by molar-refractivity contribution is 0.907. The highest BCUT2D eigenvalue weighted by molar-refractivity contribution is 9.10. The fourth-order valence-corrected chi connectivity index (χ4v) is 1.46. The third kappa shape index (κ3) is 1.12. The van der Waals surface area contributed by atoms with Crippen molar-refractivity contribution in [3.63, 3.8) is 0 Å². The van der Waals surface area contributed by atoms with Crippen LogP contribution in [0, 0.1) is 13.8 Å². The predicted molar refractivity (Wildman–Crippen MR) is 50.2 cm³/mol. The zero-order valence-electron chi connectivity index (χ0n) is 9.37. The maximum atomic E-state index is 7.39. The van der Waals surface area contributed by atoms with Crippen LogP contribution in [0.5, 0.6) is 0 Å². The second-order valence-electron chi connectivity index (χ2n) is 2.53. The standard InChI is InChI=1S/C8H8BrN3/c1-5-3-7(9)11-12-4-6(2)10-8(5)12/h3-4H,1-2H3/i1D3. The summed E-state index contributed by atoms with van der Waals surface area (Å²) in [4.78, 5) is 4.14. The topological polar surface area (TPSA) is 30.2 Å². The first-order valence-electron chi connectivity index (χ1n) is 4.91.